The van der Waals surface area contributed by atoms with Crippen molar-refractivity contribution < 1.29 is 9.59 Å². The number of fused-ring (bicyclic) bond motifs is 1. The van der Waals surface area contributed by atoms with Gasteiger partial charge in [-0.15, -0.1) is 0 Å². The second kappa shape index (κ2) is 7.26. The van der Waals surface area contributed by atoms with Crippen LogP contribution in [0.3, 0.4) is 0 Å². The number of nitrogens with one attached hydrogen (secondary N) is 1. The molecule has 4 fully saturated rings. The molecule has 5 heteroatoms. The van der Waals surface area contributed by atoms with E-state index in [1.807, 2.05) is 0 Å². The van der Waals surface area contributed by atoms with E-state index in [1.165, 1.54) is 32.1 Å². The minimum atomic E-state index is 0.163. The highest BCUT2D eigenvalue weighted by Gasteiger charge is 2.57. The summed E-state index contributed by atoms with van der Waals surface area (Å²) in [4.78, 5) is 29.2. The molecular weight excluding hydrogens is 314 g/mol. The zero-order valence-corrected chi connectivity index (χ0v) is 15.6. The SMILES string of the molecule is C[C@H]1CCC[C@H](NC(=O)CN2CCN(C(=O)C3[C@H]4CCC[C@H]34)CC2)C1. The van der Waals surface area contributed by atoms with Crippen LogP contribution < -0.4 is 5.32 Å². The van der Waals surface area contributed by atoms with E-state index in [4.69, 9.17) is 0 Å². The topological polar surface area (TPSA) is 52.7 Å². The van der Waals surface area contributed by atoms with Crippen LogP contribution in [-0.2, 0) is 9.59 Å². The van der Waals surface area contributed by atoms with E-state index in [2.05, 4.69) is 22.0 Å². The van der Waals surface area contributed by atoms with Crippen LogP contribution in [0.1, 0.15) is 51.9 Å². The van der Waals surface area contributed by atoms with E-state index in [0.29, 0.717) is 36.2 Å². The monoisotopic (exact) mass is 347 g/mol. The zero-order chi connectivity index (χ0) is 17.4. The Morgan fingerprint density at radius 2 is 1.64 bits per heavy atom. The van der Waals surface area contributed by atoms with E-state index < -0.39 is 0 Å². The van der Waals surface area contributed by atoms with E-state index in [1.54, 1.807) is 0 Å². The lowest BCUT2D eigenvalue weighted by atomic mass is 9.87. The molecule has 0 bridgehead atoms. The summed E-state index contributed by atoms with van der Waals surface area (Å²) in [6.07, 6.45) is 8.63. The van der Waals surface area contributed by atoms with Crippen molar-refractivity contribution >= 4 is 11.8 Å². The highest BCUT2D eigenvalue weighted by Crippen LogP contribution is 2.58. The Kier molecular flexibility index (Phi) is 5.03. The molecule has 2 amide bonds. The van der Waals surface area contributed by atoms with Crippen molar-refractivity contribution in [1.82, 2.24) is 15.1 Å². The van der Waals surface area contributed by atoms with Crippen LogP contribution in [0.2, 0.25) is 0 Å². The molecule has 4 atom stereocenters. The van der Waals surface area contributed by atoms with Crippen LogP contribution in [0.15, 0.2) is 0 Å². The molecule has 140 valence electrons. The third-order valence-corrected chi connectivity index (χ3v) is 7.04. The van der Waals surface area contributed by atoms with Gasteiger partial charge in [-0.05, 0) is 43.4 Å². The lowest BCUT2D eigenvalue weighted by Gasteiger charge is -2.35. The van der Waals surface area contributed by atoms with Gasteiger partial charge < -0.3 is 10.2 Å². The van der Waals surface area contributed by atoms with Gasteiger partial charge in [-0.3, -0.25) is 14.5 Å². The van der Waals surface area contributed by atoms with Crippen LogP contribution in [0, 0.1) is 23.7 Å². The molecule has 0 radical (unpaired) electrons. The molecule has 0 aromatic carbocycles. The van der Waals surface area contributed by atoms with Crippen LogP contribution in [0.5, 0.6) is 0 Å². The number of hydrogen-bond donors (Lipinski definition) is 1. The average Bonchev–Trinajstić information content (AvgIpc) is 3.06. The standard InChI is InChI=1S/C20H33N3O2/c1-14-4-2-5-15(12-14)21-18(24)13-22-8-10-23(11-9-22)20(25)19-16-6-3-7-17(16)19/h14-17,19H,2-13H2,1H3,(H,21,24)/t14-,15-,16-,17-/m0/s1. The minimum Gasteiger partial charge on any atom is -0.352 e. The second-order valence-electron chi connectivity index (χ2n) is 8.92. The molecule has 0 spiro atoms. The molecule has 25 heavy (non-hydrogen) atoms. The quantitative estimate of drug-likeness (QED) is 0.845. The fraction of sp³-hybridized carbons (Fsp3) is 0.900. The van der Waals surface area contributed by atoms with Crippen molar-refractivity contribution in [3.63, 3.8) is 0 Å². The first-order chi connectivity index (χ1) is 12.1. The maximum absolute atomic E-state index is 12.6. The van der Waals surface area contributed by atoms with Crippen LogP contribution in [0.4, 0.5) is 0 Å². The number of carbonyl (C=O) groups is 2. The molecule has 0 unspecified atom stereocenters. The number of piperazine rings is 1. The van der Waals surface area contributed by atoms with Crippen LogP contribution in [-0.4, -0.2) is 60.4 Å². The van der Waals surface area contributed by atoms with Crippen molar-refractivity contribution in [2.75, 3.05) is 32.7 Å². The van der Waals surface area contributed by atoms with Gasteiger partial charge in [0, 0.05) is 38.1 Å². The predicted molar refractivity (Wildman–Crippen MR) is 96.9 cm³/mol. The molecule has 0 aromatic heterocycles. The Morgan fingerprint density at radius 1 is 0.960 bits per heavy atom. The molecule has 1 heterocycles. The largest absolute Gasteiger partial charge is 0.352 e. The third-order valence-electron chi connectivity index (χ3n) is 7.04. The van der Waals surface area contributed by atoms with E-state index in [9.17, 15) is 9.59 Å². The summed E-state index contributed by atoms with van der Waals surface area (Å²) in [6.45, 7) is 6.03. The number of carbonyl (C=O) groups excluding carboxylic acids is 2. The third kappa shape index (κ3) is 3.86. The summed E-state index contributed by atoms with van der Waals surface area (Å²) in [6, 6.07) is 0.369. The summed E-state index contributed by atoms with van der Waals surface area (Å²) in [5, 5.41) is 3.22. The van der Waals surface area contributed by atoms with Gasteiger partial charge in [-0.2, -0.15) is 0 Å². The normalized spacial score (nSPS) is 38.3. The van der Waals surface area contributed by atoms with Crippen molar-refractivity contribution in [3.8, 4) is 0 Å². The first-order valence-electron chi connectivity index (χ1n) is 10.4. The Morgan fingerprint density at radius 3 is 2.32 bits per heavy atom. The molecule has 1 aliphatic heterocycles. The average molecular weight is 348 g/mol. The highest BCUT2D eigenvalue weighted by atomic mass is 16.2. The molecule has 0 aromatic rings. The van der Waals surface area contributed by atoms with Gasteiger partial charge in [0.05, 0.1) is 6.54 Å². The van der Waals surface area contributed by atoms with E-state index >= 15 is 0 Å². The molecule has 1 saturated heterocycles. The number of rotatable bonds is 4. The zero-order valence-electron chi connectivity index (χ0n) is 15.6. The molecular formula is C20H33N3O2. The Balaban J connectivity index is 1.17. The predicted octanol–water partition coefficient (Wildman–Crippen LogP) is 1.87. The fourth-order valence-corrected chi connectivity index (χ4v) is 5.57. The van der Waals surface area contributed by atoms with E-state index in [-0.39, 0.29) is 5.91 Å². The van der Waals surface area contributed by atoms with Gasteiger partial charge >= 0.3 is 0 Å². The Hall–Kier alpha value is -1.10. The lowest BCUT2D eigenvalue weighted by molar-refractivity contribution is -0.135. The van der Waals surface area contributed by atoms with Gasteiger partial charge in [0.15, 0.2) is 0 Å². The smallest absolute Gasteiger partial charge is 0.234 e. The number of hydrogen-bond acceptors (Lipinski definition) is 3. The molecule has 4 aliphatic rings. The van der Waals surface area contributed by atoms with Gasteiger partial charge in [0.1, 0.15) is 0 Å². The first-order valence-corrected chi connectivity index (χ1v) is 10.4. The Bertz CT molecular complexity index is 505. The molecule has 4 rings (SSSR count). The van der Waals surface area contributed by atoms with Gasteiger partial charge in [-0.1, -0.05) is 26.2 Å². The van der Waals surface area contributed by atoms with Crippen LogP contribution >= 0.6 is 0 Å². The fourth-order valence-electron chi connectivity index (χ4n) is 5.57. The number of nitrogens with zero attached hydrogens (tertiary/aromatic N) is 2. The number of amides is 2. The van der Waals surface area contributed by atoms with Crippen molar-refractivity contribution in [2.45, 2.75) is 57.9 Å². The molecule has 3 saturated carbocycles. The first kappa shape index (κ1) is 17.3. The van der Waals surface area contributed by atoms with Crippen LogP contribution in [0.25, 0.3) is 0 Å². The highest BCUT2D eigenvalue weighted by molar-refractivity contribution is 5.83. The summed E-state index contributed by atoms with van der Waals surface area (Å²) in [7, 11) is 0. The molecule has 3 aliphatic carbocycles. The van der Waals surface area contributed by atoms with E-state index in [0.717, 1.165) is 44.9 Å². The van der Waals surface area contributed by atoms with Gasteiger partial charge in [-0.25, -0.2) is 0 Å². The van der Waals surface area contributed by atoms with Crippen molar-refractivity contribution in [2.24, 2.45) is 23.7 Å². The summed E-state index contributed by atoms with van der Waals surface area (Å²) < 4.78 is 0. The Labute approximate surface area is 151 Å². The lowest BCUT2D eigenvalue weighted by Crippen LogP contribution is -2.52. The second-order valence-corrected chi connectivity index (χ2v) is 8.92. The molecule has 1 N–H and O–H groups in total. The van der Waals surface area contributed by atoms with Crippen molar-refractivity contribution in [1.29, 1.82) is 0 Å². The summed E-state index contributed by atoms with van der Waals surface area (Å²) >= 11 is 0. The van der Waals surface area contributed by atoms with Crippen molar-refractivity contribution in [3.05, 3.63) is 0 Å². The summed E-state index contributed by atoms with van der Waals surface area (Å²) in [5.74, 6) is 3.04. The van der Waals surface area contributed by atoms with Gasteiger partial charge in [0.2, 0.25) is 11.8 Å². The maximum Gasteiger partial charge on any atom is 0.234 e. The minimum absolute atomic E-state index is 0.163. The van der Waals surface area contributed by atoms with Gasteiger partial charge in [0.25, 0.3) is 0 Å². The maximum atomic E-state index is 12.6. The molecule has 5 nitrogen and oxygen atoms in total. The summed E-state index contributed by atoms with van der Waals surface area (Å²) in [5.41, 5.74) is 0.